The number of aliphatic imine (C=N–C) groups is 3. The van der Waals surface area contributed by atoms with Gasteiger partial charge >= 0.3 is 0 Å². The van der Waals surface area contributed by atoms with Gasteiger partial charge < -0.3 is 0 Å². The summed E-state index contributed by atoms with van der Waals surface area (Å²) in [5.41, 5.74) is 0. The summed E-state index contributed by atoms with van der Waals surface area (Å²) in [5, 5.41) is 2.41. The summed E-state index contributed by atoms with van der Waals surface area (Å²) in [6.07, 6.45) is 2.05. The Morgan fingerprint density at radius 3 is 2.24 bits per heavy atom. The summed E-state index contributed by atoms with van der Waals surface area (Å²) in [4.78, 5) is 14.2. The van der Waals surface area contributed by atoms with Gasteiger partial charge in [0.25, 0.3) is 11.7 Å². The predicted molar refractivity (Wildman–Crippen MR) is 85.7 cm³/mol. The van der Waals surface area contributed by atoms with Crippen molar-refractivity contribution in [2.45, 2.75) is 33.7 Å². The first-order valence-corrected chi connectivity index (χ1v) is 7.73. The van der Waals surface area contributed by atoms with Crippen LogP contribution in [0.15, 0.2) is 27.8 Å². The molecule has 0 spiro atoms. The molecule has 0 fully saturated rings. The van der Waals surface area contributed by atoms with Crippen molar-refractivity contribution in [2.75, 3.05) is 32.7 Å². The Hall–Kier alpha value is -1.53. The van der Waals surface area contributed by atoms with Crippen molar-refractivity contribution in [1.29, 1.82) is 0 Å². The second-order valence-corrected chi connectivity index (χ2v) is 6.15. The zero-order valence-electron chi connectivity index (χ0n) is 13.6. The minimum Gasteiger partial charge on any atom is -0.263 e. The van der Waals surface area contributed by atoms with Crippen molar-refractivity contribution < 1.29 is 9.29 Å². The van der Waals surface area contributed by atoms with Gasteiger partial charge in [-0.15, -0.1) is 0 Å². The Morgan fingerprint density at radius 1 is 1.14 bits per heavy atom. The fourth-order valence-corrected chi connectivity index (χ4v) is 4.15. The third-order valence-electron chi connectivity index (χ3n) is 5.12. The van der Waals surface area contributed by atoms with Crippen molar-refractivity contribution in [1.82, 2.24) is 5.01 Å². The van der Waals surface area contributed by atoms with Gasteiger partial charge in [0, 0.05) is 13.8 Å². The number of rotatable bonds is 3. The van der Waals surface area contributed by atoms with Crippen LogP contribution in [0.5, 0.6) is 0 Å². The van der Waals surface area contributed by atoms with Crippen LogP contribution in [0.1, 0.15) is 27.7 Å². The van der Waals surface area contributed by atoms with Crippen LogP contribution in [0.25, 0.3) is 0 Å². The Labute approximate surface area is 126 Å². The SMILES string of the molecule is C=C[N+]1([N+]2(N3CC(C)N=C3C)CCN=C2C)CCN=C1C. The third-order valence-corrected chi connectivity index (χ3v) is 5.12. The molecule has 0 saturated heterocycles. The second-order valence-electron chi connectivity index (χ2n) is 6.15. The highest BCUT2D eigenvalue weighted by atomic mass is 16.1. The van der Waals surface area contributed by atoms with Crippen LogP contribution < -0.4 is 0 Å². The molecule has 0 bridgehead atoms. The monoisotopic (exact) mass is 290 g/mol. The molecule has 3 aliphatic heterocycles. The van der Waals surface area contributed by atoms with Gasteiger partial charge in [0.15, 0.2) is 18.9 Å². The summed E-state index contributed by atoms with van der Waals surface area (Å²) in [5.74, 6) is 3.35. The molecule has 0 aromatic carbocycles. The van der Waals surface area contributed by atoms with Crippen LogP contribution in [-0.4, -0.2) is 70.6 Å². The summed E-state index contributed by atoms with van der Waals surface area (Å²) in [6, 6.07) is 0.332. The fraction of sp³-hybridized carbons (Fsp3) is 0.667. The molecule has 3 aliphatic rings. The van der Waals surface area contributed by atoms with Gasteiger partial charge in [0.2, 0.25) is 0 Å². The molecular weight excluding hydrogens is 264 g/mol. The minimum atomic E-state index is 0.332. The Bertz CT molecular complexity index is 563. The normalized spacial score (nSPS) is 39.3. The standard InChI is InChI=1S/C15H26N6/c1-6-20(9-7-16-14(20)4)21(10-8-17-15(21)5)19-11-12(2)18-13(19)3/h6,12H,1,7-11H2,2-5H3/q+2. The van der Waals surface area contributed by atoms with E-state index in [9.17, 15) is 0 Å². The largest absolute Gasteiger partial charge is 0.270 e. The van der Waals surface area contributed by atoms with E-state index in [0.717, 1.165) is 50.2 Å². The molecule has 0 radical (unpaired) electrons. The predicted octanol–water partition coefficient (Wildman–Crippen LogP) is 1.58. The fourth-order valence-electron chi connectivity index (χ4n) is 4.15. The molecule has 3 rings (SSSR count). The van der Waals surface area contributed by atoms with Crippen molar-refractivity contribution in [3.63, 3.8) is 0 Å². The van der Waals surface area contributed by atoms with Gasteiger partial charge in [-0.3, -0.25) is 4.99 Å². The minimum absolute atomic E-state index is 0.332. The van der Waals surface area contributed by atoms with Gasteiger partial charge in [0.05, 0.1) is 19.1 Å². The molecule has 21 heavy (non-hydrogen) atoms. The van der Waals surface area contributed by atoms with Crippen molar-refractivity contribution >= 4 is 17.5 Å². The van der Waals surface area contributed by atoms with E-state index in [1.54, 1.807) is 0 Å². The van der Waals surface area contributed by atoms with Gasteiger partial charge in [-0.05, 0) is 25.1 Å². The van der Waals surface area contributed by atoms with Gasteiger partial charge in [-0.1, -0.05) is 4.59 Å². The molecule has 6 heteroatoms. The van der Waals surface area contributed by atoms with Crippen LogP contribution in [0, 0.1) is 0 Å². The van der Waals surface area contributed by atoms with E-state index < -0.39 is 0 Å². The molecular formula is C15H26N6+2. The molecule has 3 heterocycles. The van der Waals surface area contributed by atoms with Crippen molar-refractivity contribution in [2.24, 2.45) is 15.0 Å². The van der Waals surface area contributed by atoms with Crippen molar-refractivity contribution in [3.05, 3.63) is 12.8 Å². The molecule has 0 amide bonds. The Balaban J connectivity index is 2.16. The maximum Gasteiger partial charge on any atom is 0.270 e. The number of nitrogens with zero attached hydrogens (tertiary/aromatic N) is 6. The number of amidine groups is 3. The van der Waals surface area contributed by atoms with E-state index in [-0.39, 0.29) is 0 Å². The molecule has 114 valence electrons. The lowest BCUT2D eigenvalue weighted by Gasteiger charge is -2.49. The second kappa shape index (κ2) is 4.74. The van der Waals surface area contributed by atoms with Crippen LogP contribution in [0.3, 0.4) is 0 Å². The zero-order valence-corrected chi connectivity index (χ0v) is 13.6. The topological polar surface area (TPSA) is 40.3 Å². The smallest absolute Gasteiger partial charge is 0.263 e. The van der Waals surface area contributed by atoms with E-state index in [4.69, 9.17) is 9.98 Å². The average molecular weight is 290 g/mol. The molecule has 0 aromatic rings. The molecule has 6 nitrogen and oxygen atoms in total. The third kappa shape index (κ3) is 1.69. The first-order valence-electron chi connectivity index (χ1n) is 7.73. The zero-order chi connectivity index (χ0) is 15.3. The molecule has 0 aliphatic carbocycles. The van der Waals surface area contributed by atoms with Crippen LogP contribution in [0.4, 0.5) is 0 Å². The van der Waals surface area contributed by atoms with E-state index in [2.05, 4.69) is 44.3 Å². The first kappa shape index (κ1) is 14.4. The first-order chi connectivity index (χ1) is 9.98. The highest BCUT2D eigenvalue weighted by molar-refractivity contribution is 5.84. The van der Waals surface area contributed by atoms with Gasteiger partial charge in [-0.2, -0.15) is 5.01 Å². The van der Waals surface area contributed by atoms with Crippen LogP contribution in [0.2, 0.25) is 0 Å². The van der Waals surface area contributed by atoms with E-state index >= 15 is 0 Å². The van der Waals surface area contributed by atoms with Crippen LogP contribution >= 0.6 is 0 Å². The average Bonchev–Trinajstić information content (AvgIpc) is 3.09. The Morgan fingerprint density at radius 2 is 1.81 bits per heavy atom. The highest BCUT2D eigenvalue weighted by Gasteiger charge is 2.63. The van der Waals surface area contributed by atoms with Crippen molar-refractivity contribution in [3.8, 4) is 0 Å². The van der Waals surface area contributed by atoms with E-state index in [0.29, 0.717) is 15.3 Å². The van der Waals surface area contributed by atoms with Crippen LogP contribution in [-0.2, 0) is 0 Å². The number of hydrogen-bond donors (Lipinski definition) is 0. The van der Waals surface area contributed by atoms with Gasteiger partial charge in [-0.25, -0.2) is 9.98 Å². The summed E-state index contributed by atoms with van der Waals surface area (Å²) in [7, 11) is 0. The summed E-state index contributed by atoms with van der Waals surface area (Å²) < 4.78 is 1.31. The lowest BCUT2D eigenvalue weighted by atomic mass is 10.3. The van der Waals surface area contributed by atoms with Gasteiger partial charge in [0.1, 0.15) is 12.7 Å². The summed E-state index contributed by atoms with van der Waals surface area (Å²) >= 11 is 0. The van der Waals surface area contributed by atoms with E-state index in [1.165, 1.54) is 0 Å². The maximum atomic E-state index is 4.74. The lowest BCUT2D eigenvalue weighted by Crippen LogP contribution is -2.78. The molecule has 0 saturated carbocycles. The molecule has 3 atom stereocenters. The number of quaternary nitrogens is 2. The molecule has 0 aromatic heterocycles. The quantitative estimate of drug-likeness (QED) is 0.728. The molecule has 3 unspecified atom stereocenters. The molecule has 0 N–H and O–H groups in total. The van der Waals surface area contributed by atoms with E-state index in [1.807, 2.05) is 6.20 Å². The number of hydrogen-bond acceptors (Lipinski definition) is 4. The maximum absolute atomic E-state index is 4.74. The Kier molecular flexibility index (Phi) is 3.26. The lowest BCUT2D eigenvalue weighted by molar-refractivity contribution is -1.43. The summed E-state index contributed by atoms with van der Waals surface area (Å²) in [6.45, 7) is 17.2. The highest BCUT2D eigenvalue weighted by Crippen LogP contribution is 2.36.